The van der Waals surface area contributed by atoms with E-state index in [2.05, 4.69) is 15.5 Å². The molecule has 1 amide bonds. The molecular formula is C26H25N3O7. The predicted molar refractivity (Wildman–Crippen MR) is 132 cm³/mol. The van der Waals surface area contributed by atoms with Gasteiger partial charge in [0.1, 0.15) is 0 Å². The number of aromatic nitrogens is 2. The lowest BCUT2D eigenvalue weighted by Crippen LogP contribution is -2.21. The summed E-state index contributed by atoms with van der Waals surface area (Å²) >= 11 is 0. The molecule has 0 aliphatic carbocycles. The van der Waals surface area contributed by atoms with Gasteiger partial charge in [0.05, 0.1) is 43.7 Å². The molecule has 4 rings (SSSR count). The molecule has 0 atom stereocenters. The van der Waals surface area contributed by atoms with Gasteiger partial charge in [-0.25, -0.2) is 9.78 Å². The Hall–Kier alpha value is -4.60. The molecule has 10 nitrogen and oxygen atoms in total. The molecule has 2 aromatic heterocycles. The highest BCUT2D eigenvalue weighted by atomic mass is 16.5. The van der Waals surface area contributed by atoms with Crippen molar-refractivity contribution < 1.29 is 33.1 Å². The van der Waals surface area contributed by atoms with Crippen LogP contribution in [0.1, 0.15) is 21.6 Å². The quantitative estimate of drug-likeness (QED) is 0.359. The summed E-state index contributed by atoms with van der Waals surface area (Å²) in [4.78, 5) is 30.1. The Bertz CT molecular complexity index is 1400. The summed E-state index contributed by atoms with van der Waals surface area (Å²) in [6.07, 6.45) is 0. The lowest BCUT2D eigenvalue weighted by Gasteiger charge is -2.14. The van der Waals surface area contributed by atoms with Crippen LogP contribution in [-0.2, 0) is 9.53 Å². The van der Waals surface area contributed by atoms with Crippen LogP contribution in [-0.4, -0.2) is 50.0 Å². The number of amides is 1. The van der Waals surface area contributed by atoms with Crippen molar-refractivity contribution in [2.45, 2.75) is 13.8 Å². The molecule has 1 N–H and O–H groups in total. The van der Waals surface area contributed by atoms with Crippen LogP contribution in [0.15, 0.2) is 47.0 Å². The van der Waals surface area contributed by atoms with Gasteiger partial charge in [0, 0.05) is 23.4 Å². The van der Waals surface area contributed by atoms with E-state index < -0.39 is 18.5 Å². The molecule has 2 aromatic carbocycles. The number of benzene rings is 2. The van der Waals surface area contributed by atoms with Crippen molar-refractivity contribution in [3.8, 4) is 28.5 Å². The number of nitrogens with one attached hydrogen (secondary N) is 1. The average Bonchev–Trinajstić information content (AvgIpc) is 3.27. The number of esters is 1. The molecule has 4 aromatic rings. The highest BCUT2D eigenvalue weighted by Gasteiger charge is 2.22. The first kappa shape index (κ1) is 24.5. The van der Waals surface area contributed by atoms with Crippen molar-refractivity contribution >= 4 is 28.7 Å². The topological polar surface area (TPSA) is 122 Å². The van der Waals surface area contributed by atoms with Crippen LogP contribution in [0.4, 0.5) is 5.69 Å². The summed E-state index contributed by atoms with van der Waals surface area (Å²) in [5.74, 6) is -0.129. The third kappa shape index (κ3) is 4.92. The van der Waals surface area contributed by atoms with E-state index in [1.807, 2.05) is 31.2 Å². The summed E-state index contributed by atoms with van der Waals surface area (Å²) in [7, 11) is 4.42. The highest BCUT2D eigenvalue weighted by Crippen LogP contribution is 2.40. The van der Waals surface area contributed by atoms with Crippen LogP contribution in [0, 0.1) is 13.8 Å². The summed E-state index contributed by atoms with van der Waals surface area (Å²) in [5.41, 5.74) is 3.69. The van der Waals surface area contributed by atoms with Gasteiger partial charge in [0.25, 0.3) is 11.6 Å². The summed E-state index contributed by atoms with van der Waals surface area (Å²) in [6, 6.07) is 12.4. The lowest BCUT2D eigenvalue weighted by atomic mass is 10.0. The van der Waals surface area contributed by atoms with Gasteiger partial charge in [-0.1, -0.05) is 35.0 Å². The zero-order valence-electron chi connectivity index (χ0n) is 20.5. The number of hydrogen-bond acceptors (Lipinski definition) is 9. The van der Waals surface area contributed by atoms with E-state index in [-0.39, 0.29) is 11.3 Å². The van der Waals surface area contributed by atoms with Crippen molar-refractivity contribution in [2.75, 3.05) is 33.3 Å². The van der Waals surface area contributed by atoms with Gasteiger partial charge in [-0.15, -0.1) is 0 Å². The zero-order chi connectivity index (χ0) is 25.8. The van der Waals surface area contributed by atoms with Crippen LogP contribution in [0.5, 0.6) is 17.2 Å². The monoisotopic (exact) mass is 491 g/mol. The lowest BCUT2D eigenvalue weighted by molar-refractivity contribution is -0.119. The standard InChI is InChI=1S/C26H25N3O7/c1-14-6-8-16(9-7-14)19-12-18(23-15(2)29-36-25(23)28-19)26(31)35-13-22(30)27-17-10-20(32-3)24(34-5)21(11-17)33-4/h6-12H,13H2,1-5H3,(H,27,30). The van der Waals surface area contributed by atoms with Crippen molar-refractivity contribution in [1.82, 2.24) is 10.1 Å². The normalized spacial score (nSPS) is 10.7. The predicted octanol–water partition coefficient (Wildman–Crippen LogP) is 4.33. The molecule has 0 aliphatic rings. The van der Waals surface area contributed by atoms with Gasteiger partial charge < -0.3 is 28.8 Å². The molecule has 10 heteroatoms. The number of hydrogen-bond donors (Lipinski definition) is 1. The molecule has 0 radical (unpaired) electrons. The minimum Gasteiger partial charge on any atom is -0.493 e. The van der Waals surface area contributed by atoms with Gasteiger partial charge in [-0.05, 0) is 19.9 Å². The van der Waals surface area contributed by atoms with Crippen molar-refractivity contribution in [3.63, 3.8) is 0 Å². The molecule has 0 spiro atoms. The largest absolute Gasteiger partial charge is 0.493 e. The van der Waals surface area contributed by atoms with Crippen LogP contribution < -0.4 is 19.5 Å². The maximum atomic E-state index is 13.0. The SMILES string of the molecule is COc1cc(NC(=O)COC(=O)c2cc(-c3ccc(C)cc3)nc3onc(C)c23)cc(OC)c1OC. The second-order valence-corrected chi connectivity index (χ2v) is 7.91. The smallest absolute Gasteiger partial charge is 0.339 e. The third-order valence-electron chi connectivity index (χ3n) is 5.47. The maximum Gasteiger partial charge on any atom is 0.339 e. The molecule has 2 heterocycles. The van der Waals surface area contributed by atoms with Gasteiger partial charge >= 0.3 is 5.97 Å². The van der Waals surface area contributed by atoms with Crippen LogP contribution in [0.3, 0.4) is 0 Å². The fraction of sp³-hybridized carbons (Fsp3) is 0.231. The maximum absolute atomic E-state index is 13.0. The van der Waals surface area contributed by atoms with E-state index >= 15 is 0 Å². The number of anilines is 1. The molecule has 36 heavy (non-hydrogen) atoms. The average molecular weight is 492 g/mol. The molecule has 0 saturated heterocycles. The number of methoxy groups -OCH3 is 3. The van der Waals surface area contributed by atoms with Crippen LogP contribution >= 0.6 is 0 Å². The Kier molecular flexibility index (Phi) is 7.05. The first-order valence-corrected chi connectivity index (χ1v) is 11.0. The number of pyridine rings is 1. The number of nitrogens with zero attached hydrogens (tertiary/aromatic N) is 2. The van der Waals surface area contributed by atoms with Gasteiger partial charge in [0.15, 0.2) is 18.1 Å². The highest BCUT2D eigenvalue weighted by molar-refractivity contribution is 6.05. The van der Waals surface area contributed by atoms with Gasteiger partial charge in [-0.3, -0.25) is 4.79 Å². The minimum atomic E-state index is -0.706. The number of carbonyl (C=O) groups excluding carboxylic acids is 2. The first-order chi connectivity index (χ1) is 17.3. The van der Waals surface area contributed by atoms with E-state index in [0.29, 0.717) is 39.7 Å². The molecule has 186 valence electrons. The number of aryl methyl sites for hydroxylation is 2. The van der Waals surface area contributed by atoms with E-state index in [0.717, 1.165) is 11.1 Å². The summed E-state index contributed by atoms with van der Waals surface area (Å²) in [6.45, 7) is 3.16. The zero-order valence-corrected chi connectivity index (χ0v) is 20.5. The number of fused-ring (bicyclic) bond motifs is 1. The summed E-state index contributed by atoms with van der Waals surface area (Å²) in [5, 5.41) is 7.02. The van der Waals surface area contributed by atoms with Gasteiger partial charge in [0.2, 0.25) is 5.75 Å². The fourth-order valence-corrected chi connectivity index (χ4v) is 3.69. The number of ether oxygens (including phenoxy) is 4. The van der Waals surface area contributed by atoms with E-state index in [1.165, 1.54) is 21.3 Å². The Morgan fingerprint density at radius 1 is 0.944 bits per heavy atom. The minimum absolute atomic E-state index is 0.204. The Morgan fingerprint density at radius 2 is 1.61 bits per heavy atom. The molecule has 0 bridgehead atoms. The Labute approximate surface area is 207 Å². The van der Waals surface area contributed by atoms with Crippen molar-refractivity contribution in [1.29, 1.82) is 0 Å². The first-order valence-electron chi connectivity index (χ1n) is 11.0. The molecule has 0 fully saturated rings. The van der Waals surface area contributed by atoms with E-state index in [4.69, 9.17) is 23.5 Å². The number of rotatable bonds is 8. The molecule has 0 aliphatic heterocycles. The number of carbonyl (C=O) groups is 2. The summed E-state index contributed by atoms with van der Waals surface area (Å²) < 4.78 is 26.5. The molecular weight excluding hydrogens is 466 g/mol. The third-order valence-corrected chi connectivity index (χ3v) is 5.47. The Morgan fingerprint density at radius 3 is 2.22 bits per heavy atom. The van der Waals surface area contributed by atoms with Crippen LogP contribution in [0.25, 0.3) is 22.4 Å². The second kappa shape index (κ2) is 10.3. The Balaban J connectivity index is 1.54. The second-order valence-electron chi connectivity index (χ2n) is 7.91. The van der Waals surface area contributed by atoms with E-state index in [1.54, 1.807) is 25.1 Å². The fourth-order valence-electron chi connectivity index (χ4n) is 3.69. The van der Waals surface area contributed by atoms with Crippen LogP contribution in [0.2, 0.25) is 0 Å². The van der Waals surface area contributed by atoms with Crippen molar-refractivity contribution in [3.05, 3.63) is 59.3 Å². The van der Waals surface area contributed by atoms with Gasteiger partial charge in [-0.2, -0.15) is 0 Å². The van der Waals surface area contributed by atoms with Crippen molar-refractivity contribution in [2.24, 2.45) is 0 Å². The molecule has 0 unspecified atom stereocenters. The molecule has 0 saturated carbocycles. The van der Waals surface area contributed by atoms with E-state index in [9.17, 15) is 9.59 Å².